The summed E-state index contributed by atoms with van der Waals surface area (Å²) in [4.78, 5) is 11.5. The van der Waals surface area contributed by atoms with Crippen LogP contribution in [0.15, 0.2) is 22.7 Å². The van der Waals surface area contributed by atoms with Crippen LogP contribution in [0.25, 0.3) is 0 Å². The Morgan fingerprint density at radius 1 is 1.41 bits per heavy atom. The minimum atomic E-state index is -0.174. The van der Waals surface area contributed by atoms with Gasteiger partial charge in [0.15, 0.2) is 0 Å². The third kappa shape index (κ3) is 4.85. The van der Waals surface area contributed by atoms with Crippen molar-refractivity contribution in [2.24, 2.45) is 0 Å². The molecule has 1 aromatic rings. The van der Waals surface area contributed by atoms with Gasteiger partial charge in [-0.15, -0.1) is 0 Å². The van der Waals surface area contributed by atoms with E-state index in [0.29, 0.717) is 13.2 Å². The van der Waals surface area contributed by atoms with Crippen molar-refractivity contribution in [2.75, 3.05) is 32.2 Å². The Kier molecular flexibility index (Phi) is 6.18. The molecule has 1 amide bonds. The summed E-state index contributed by atoms with van der Waals surface area (Å²) in [6.07, 6.45) is 0. The normalized spacial score (nSPS) is 10.3. The van der Waals surface area contributed by atoms with Crippen LogP contribution in [-0.4, -0.2) is 32.8 Å². The zero-order chi connectivity index (χ0) is 12.7. The summed E-state index contributed by atoms with van der Waals surface area (Å²) in [5.74, 6) is -0.174. The maximum atomic E-state index is 11.5. The highest BCUT2D eigenvalue weighted by Crippen LogP contribution is 2.25. The van der Waals surface area contributed by atoms with Crippen LogP contribution >= 0.6 is 15.9 Å². The Balaban J connectivity index is 2.43. The van der Waals surface area contributed by atoms with Crippen molar-refractivity contribution in [3.8, 4) is 0 Å². The number of carbonyl (C=O) groups excluding carboxylic acids is 1. The number of anilines is 1. The number of benzene rings is 1. The fraction of sp³-hybridized carbons (Fsp3) is 0.417. The topological polar surface area (TPSA) is 47.6 Å². The molecule has 0 fully saturated rings. The fourth-order valence-electron chi connectivity index (χ4n) is 1.24. The van der Waals surface area contributed by atoms with Gasteiger partial charge in [0.25, 0.3) is 0 Å². The van der Waals surface area contributed by atoms with E-state index < -0.39 is 0 Å². The molecule has 0 bridgehead atoms. The molecule has 94 valence electrons. The second-order valence-corrected chi connectivity index (χ2v) is 4.32. The quantitative estimate of drug-likeness (QED) is 0.821. The lowest BCUT2D eigenvalue weighted by atomic mass is 10.2. The molecule has 0 aliphatic heterocycles. The summed E-state index contributed by atoms with van der Waals surface area (Å²) < 4.78 is 10.8. The van der Waals surface area contributed by atoms with Gasteiger partial charge in [-0.1, -0.05) is 12.1 Å². The highest BCUT2D eigenvalue weighted by molar-refractivity contribution is 9.10. The van der Waals surface area contributed by atoms with E-state index in [1.807, 2.05) is 25.1 Å². The minimum Gasteiger partial charge on any atom is -0.382 e. The van der Waals surface area contributed by atoms with E-state index in [0.717, 1.165) is 15.7 Å². The van der Waals surface area contributed by atoms with Crippen LogP contribution in [0.4, 0.5) is 5.69 Å². The van der Waals surface area contributed by atoms with Crippen molar-refractivity contribution in [2.45, 2.75) is 6.92 Å². The number of ether oxygens (including phenoxy) is 2. The molecule has 0 atom stereocenters. The molecule has 1 rings (SSSR count). The molecule has 0 aliphatic rings. The number of methoxy groups -OCH3 is 1. The second-order valence-electron chi connectivity index (χ2n) is 3.53. The third-order valence-corrected chi connectivity index (χ3v) is 3.18. The number of carbonyl (C=O) groups is 1. The predicted octanol–water partition coefficient (Wildman–Crippen LogP) is 2.36. The van der Waals surface area contributed by atoms with E-state index in [-0.39, 0.29) is 12.5 Å². The average molecular weight is 302 g/mol. The van der Waals surface area contributed by atoms with Gasteiger partial charge in [-0.25, -0.2) is 0 Å². The number of amides is 1. The molecular weight excluding hydrogens is 286 g/mol. The molecule has 4 nitrogen and oxygen atoms in total. The Morgan fingerprint density at radius 3 is 2.88 bits per heavy atom. The fourth-order valence-corrected chi connectivity index (χ4v) is 1.60. The zero-order valence-electron chi connectivity index (χ0n) is 9.96. The largest absolute Gasteiger partial charge is 0.382 e. The molecule has 0 unspecified atom stereocenters. The Hall–Kier alpha value is -0.910. The molecule has 0 heterocycles. The van der Waals surface area contributed by atoms with E-state index in [4.69, 9.17) is 9.47 Å². The summed E-state index contributed by atoms with van der Waals surface area (Å²) in [7, 11) is 1.59. The van der Waals surface area contributed by atoms with Crippen LogP contribution in [0.3, 0.4) is 0 Å². The van der Waals surface area contributed by atoms with Crippen LogP contribution in [0, 0.1) is 6.92 Å². The van der Waals surface area contributed by atoms with Gasteiger partial charge in [0.1, 0.15) is 6.61 Å². The van der Waals surface area contributed by atoms with E-state index in [2.05, 4.69) is 21.2 Å². The standard InChI is InChI=1S/C12H16BrNO3/c1-9-4-3-5-10(12(9)13)14-11(15)8-17-7-6-16-2/h3-5H,6-8H2,1-2H3,(H,14,15). The average Bonchev–Trinajstić information content (AvgIpc) is 2.31. The third-order valence-electron chi connectivity index (χ3n) is 2.13. The highest BCUT2D eigenvalue weighted by Gasteiger charge is 2.06. The van der Waals surface area contributed by atoms with Gasteiger partial charge >= 0.3 is 0 Å². The molecule has 1 N–H and O–H groups in total. The number of aryl methyl sites for hydroxylation is 1. The van der Waals surface area contributed by atoms with Gasteiger partial charge in [-0.2, -0.15) is 0 Å². The highest BCUT2D eigenvalue weighted by atomic mass is 79.9. The molecule has 0 aliphatic carbocycles. The zero-order valence-corrected chi connectivity index (χ0v) is 11.5. The number of rotatable bonds is 6. The summed E-state index contributed by atoms with van der Waals surface area (Å²) in [5, 5.41) is 2.78. The van der Waals surface area contributed by atoms with Gasteiger partial charge < -0.3 is 14.8 Å². The molecule has 17 heavy (non-hydrogen) atoms. The lowest BCUT2D eigenvalue weighted by molar-refractivity contribution is -0.121. The Morgan fingerprint density at radius 2 is 2.18 bits per heavy atom. The van der Waals surface area contributed by atoms with Gasteiger partial charge in [0.2, 0.25) is 5.91 Å². The van der Waals surface area contributed by atoms with E-state index in [9.17, 15) is 4.79 Å². The van der Waals surface area contributed by atoms with Crippen molar-refractivity contribution >= 4 is 27.5 Å². The first kappa shape index (κ1) is 14.2. The summed E-state index contributed by atoms with van der Waals surface area (Å²) in [5.41, 5.74) is 1.83. The van der Waals surface area contributed by atoms with Crippen molar-refractivity contribution in [3.05, 3.63) is 28.2 Å². The number of hydrogen-bond acceptors (Lipinski definition) is 3. The van der Waals surface area contributed by atoms with Crippen LogP contribution < -0.4 is 5.32 Å². The van der Waals surface area contributed by atoms with Gasteiger partial charge in [0.05, 0.1) is 18.9 Å². The molecular formula is C12H16BrNO3. The lowest BCUT2D eigenvalue weighted by Gasteiger charge is -2.09. The molecule has 0 saturated heterocycles. The lowest BCUT2D eigenvalue weighted by Crippen LogP contribution is -2.19. The summed E-state index contributed by atoms with van der Waals surface area (Å²) in [6.45, 7) is 2.90. The van der Waals surface area contributed by atoms with Crippen molar-refractivity contribution in [1.82, 2.24) is 0 Å². The van der Waals surface area contributed by atoms with Crippen molar-refractivity contribution in [1.29, 1.82) is 0 Å². The van der Waals surface area contributed by atoms with Crippen LogP contribution in [0.1, 0.15) is 5.56 Å². The first-order valence-electron chi connectivity index (χ1n) is 5.26. The molecule has 0 aromatic heterocycles. The monoisotopic (exact) mass is 301 g/mol. The van der Waals surface area contributed by atoms with Crippen LogP contribution in [0.5, 0.6) is 0 Å². The SMILES string of the molecule is COCCOCC(=O)Nc1cccc(C)c1Br. The minimum absolute atomic E-state index is 0.0315. The molecule has 0 saturated carbocycles. The van der Waals surface area contributed by atoms with Crippen LogP contribution in [-0.2, 0) is 14.3 Å². The maximum absolute atomic E-state index is 11.5. The first-order chi connectivity index (χ1) is 8.15. The predicted molar refractivity (Wildman–Crippen MR) is 70.2 cm³/mol. The second kappa shape index (κ2) is 7.42. The molecule has 0 spiro atoms. The Bertz CT molecular complexity index is 382. The van der Waals surface area contributed by atoms with Gasteiger partial charge in [0, 0.05) is 11.6 Å². The van der Waals surface area contributed by atoms with Crippen molar-refractivity contribution < 1.29 is 14.3 Å². The smallest absolute Gasteiger partial charge is 0.250 e. The number of halogens is 1. The summed E-state index contributed by atoms with van der Waals surface area (Å²) in [6, 6.07) is 5.69. The molecule has 5 heteroatoms. The number of hydrogen-bond donors (Lipinski definition) is 1. The summed E-state index contributed by atoms with van der Waals surface area (Å²) >= 11 is 3.43. The van der Waals surface area contributed by atoms with Gasteiger partial charge in [-0.05, 0) is 34.5 Å². The van der Waals surface area contributed by atoms with Crippen LogP contribution in [0.2, 0.25) is 0 Å². The maximum Gasteiger partial charge on any atom is 0.250 e. The number of nitrogens with one attached hydrogen (secondary N) is 1. The van der Waals surface area contributed by atoms with E-state index in [1.165, 1.54) is 0 Å². The van der Waals surface area contributed by atoms with E-state index >= 15 is 0 Å². The van der Waals surface area contributed by atoms with Gasteiger partial charge in [-0.3, -0.25) is 4.79 Å². The molecule has 1 aromatic carbocycles. The van der Waals surface area contributed by atoms with E-state index in [1.54, 1.807) is 7.11 Å². The first-order valence-corrected chi connectivity index (χ1v) is 6.06. The van der Waals surface area contributed by atoms with Crippen molar-refractivity contribution in [3.63, 3.8) is 0 Å². The molecule has 0 radical (unpaired) electrons. The Labute approximate surface area is 109 Å².